The number of carbonyl (C=O) groups excluding carboxylic acids is 1. The lowest BCUT2D eigenvalue weighted by molar-refractivity contribution is -0.0475. The Balaban J connectivity index is 1.58. The number of benzene rings is 2. The zero-order valence-corrected chi connectivity index (χ0v) is 17.4. The largest absolute Gasteiger partial charge is 0.342 e. The van der Waals surface area contributed by atoms with E-state index in [2.05, 4.69) is 10.4 Å². The minimum Gasteiger partial charge on any atom is -0.342 e. The Morgan fingerprint density at radius 2 is 1.73 bits per heavy atom. The van der Waals surface area contributed by atoms with Crippen molar-refractivity contribution < 1.29 is 13.6 Å². The first kappa shape index (κ1) is 20.5. The third kappa shape index (κ3) is 4.23. The van der Waals surface area contributed by atoms with Crippen molar-refractivity contribution in [1.82, 2.24) is 15.1 Å². The Bertz CT molecular complexity index is 1030. The summed E-state index contributed by atoms with van der Waals surface area (Å²) in [5.41, 5.74) is 1.68. The zero-order chi connectivity index (χ0) is 21.4. The SMILES string of the molecule is CC(C)(NC(=O)c1nn(CC2CCC(F)(F)CC2)c2ccccc12)c1ccccc1. The molecular weight excluding hydrogens is 384 g/mol. The number of amides is 1. The van der Waals surface area contributed by atoms with Crippen molar-refractivity contribution in [2.75, 3.05) is 0 Å². The first-order valence-corrected chi connectivity index (χ1v) is 10.5. The summed E-state index contributed by atoms with van der Waals surface area (Å²) in [5, 5.41) is 8.49. The summed E-state index contributed by atoms with van der Waals surface area (Å²) in [5.74, 6) is -2.64. The Labute approximate surface area is 175 Å². The summed E-state index contributed by atoms with van der Waals surface area (Å²) in [7, 11) is 0. The van der Waals surface area contributed by atoms with Crippen LogP contribution in [0.1, 0.15) is 55.6 Å². The molecule has 1 fully saturated rings. The molecule has 2 aromatic carbocycles. The third-order valence-corrected chi connectivity index (χ3v) is 6.06. The lowest BCUT2D eigenvalue weighted by Gasteiger charge is -2.28. The number of hydrogen-bond acceptors (Lipinski definition) is 2. The molecule has 158 valence electrons. The number of alkyl halides is 2. The van der Waals surface area contributed by atoms with Gasteiger partial charge >= 0.3 is 0 Å². The van der Waals surface area contributed by atoms with Crippen molar-refractivity contribution in [3.05, 3.63) is 65.9 Å². The Hall–Kier alpha value is -2.76. The van der Waals surface area contributed by atoms with E-state index in [4.69, 9.17) is 0 Å². The van der Waals surface area contributed by atoms with Crippen LogP contribution in [-0.2, 0) is 12.1 Å². The smallest absolute Gasteiger partial charge is 0.273 e. The number of halogens is 2. The molecule has 4 nitrogen and oxygen atoms in total. The summed E-state index contributed by atoms with van der Waals surface area (Å²) in [4.78, 5) is 13.2. The van der Waals surface area contributed by atoms with Crippen molar-refractivity contribution in [3.8, 4) is 0 Å². The Kier molecular flexibility index (Phi) is 5.35. The van der Waals surface area contributed by atoms with Crippen molar-refractivity contribution in [1.29, 1.82) is 0 Å². The van der Waals surface area contributed by atoms with Gasteiger partial charge in [-0.3, -0.25) is 9.48 Å². The molecule has 0 radical (unpaired) electrons. The van der Waals surface area contributed by atoms with Crippen LogP contribution in [0.15, 0.2) is 54.6 Å². The van der Waals surface area contributed by atoms with E-state index in [1.165, 1.54) is 0 Å². The molecular formula is C24H27F2N3O. The highest BCUT2D eigenvalue weighted by Gasteiger charge is 2.35. The first-order valence-electron chi connectivity index (χ1n) is 10.5. The average Bonchev–Trinajstić information content (AvgIpc) is 3.09. The lowest BCUT2D eigenvalue weighted by atomic mass is 9.87. The molecule has 30 heavy (non-hydrogen) atoms. The van der Waals surface area contributed by atoms with Gasteiger partial charge in [0.2, 0.25) is 5.92 Å². The highest BCUT2D eigenvalue weighted by atomic mass is 19.3. The number of hydrogen-bond donors (Lipinski definition) is 1. The maximum Gasteiger partial charge on any atom is 0.273 e. The maximum absolute atomic E-state index is 13.5. The van der Waals surface area contributed by atoms with Gasteiger partial charge < -0.3 is 5.32 Å². The van der Waals surface area contributed by atoms with Crippen LogP contribution < -0.4 is 5.32 Å². The molecule has 0 aliphatic heterocycles. The molecule has 0 atom stereocenters. The van der Waals surface area contributed by atoms with Crippen LogP contribution in [0.3, 0.4) is 0 Å². The number of nitrogens with one attached hydrogen (secondary N) is 1. The van der Waals surface area contributed by atoms with Gasteiger partial charge in [-0.05, 0) is 44.2 Å². The van der Waals surface area contributed by atoms with Gasteiger partial charge in [-0.2, -0.15) is 5.10 Å². The molecule has 0 saturated heterocycles. The van der Waals surface area contributed by atoms with Crippen molar-refractivity contribution in [3.63, 3.8) is 0 Å². The van der Waals surface area contributed by atoms with Crippen LogP contribution in [0.5, 0.6) is 0 Å². The van der Waals surface area contributed by atoms with Crippen LogP contribution >= 0.6 is 0 Å². The molecule has 0 unspecified atom stereocenters. The molecule has 1 aliphatic carbocycles. The van der Waals surface area contributed by atoms with E-state index < -0.39 is 11.5 Å². The fourth-order valence-electron chi connectivity index (χ4n) is 4.23. The lowest BCUT2D eigenvalue weighted by Crippen LogP contribution is -2.41. The molecule has 1 N–H and O–H groups in total. The molecule has 1 saturated carbocycles. The van der Waals surface area contributed by atoms with E-state index in [-0.39, 0.29) is 24.7 Å². The average molecular weight is 411 g/mol. The van der Waals surface area contributed by atoms with Crippen molar-refractivity contribution in [2.45, 2.75) is 57.5 Å². The molecule has 1 aromatic heterocycles. The second kappa shape index (κ2) is 7.82. The molecule has 4 rings (SSSR count). The zero-order valence-electron chi connectivity index (χ0n) is 17.4. The number of carbonyl (C=O) groups is 1. The fourth-order valence-corrected chi connectivity index (χ4v) is 4.23. The molecule has 1 heterocycles. The van der Waals surface area contributed by atoms with Gasteiger partial charge in [0.15, 0.2) is 5.69 Å². The summed E-state index contributed by atoms with van der Waals surface area (Å²) < 4.78 is 28.8. The third-order valence-electron chi connectivity index (χ3n) is 6.06. The van der Waals surface area contributed by atoms with Crippen LogP contribution in [0.4, 0.5) is 8.78 Å². The Morgan fingerprint density at radius 1 is 1.10 bits per heavy atom. The monoisotopic (exact) mass is 411 g/mol. The predicted octanol–water partition coefficient (Wildman–Crippen LogP) is 5.53. The number of para-hydroxylation sites is 1. The predicted molar refractivity (Wildman–Crippen MR) is 114 cm³/mol. The van der Waals surface area contributed by atoms with Crippen LogP contribution in [-0.4, -0.2) is 21.6 Å². The molecule has 1 amide bonds. The van der Waals surface area contributed by atoms with E-state index in [0.29, 0.717) is 25.1 Å². The fraction of sp³-hybridized carbons (Fsp3) is 0.417. The van der Waals surface area contributed by atoms with Gasteiger partial charge in [0.1, 0.15) is 0 Å². The van der Waals surface area contributed by atoms with Gasteiger partial charge in [-0.1, -0.05) is 48.5 Å². The second-order valence-corrected chi connectivity index (χ2v) is 8.79. The molecule has 0 bridgehead atoms. The molecule has 0 spiro atoms. The molecule has 1 aliphatic rings. The highest BCUT2D eigenvalue weighted by molar-refractivity contribution is 6.05. The van der Waals surface area contributed by atoms with Crippen molar-refractivity contribution >= 4 is 16.8 Å². The standard InChI is InChI=1S/C24H27F2N3O/c1-23(2,18-8-4-3-5-9-18)27-22(30)21-19-10-6-7-11-20(19)29(28-21)16-17-12-14-24(25,26)15-13-17/h3-11,17H,12-16H2,1-2H3,(H,27,30). The number of aromatic nitrogens is 2. The molecule has 3 aromatic rings. The van der Waals surface area contributed by atoms with Gasteiger partial charge in [0.25, 0.3) is 5.91 Å². The minimum absolute atomic E-state index is 0.0739. The summed E-state index contributed by atoms with van der Waals surface area (Å²) in [6.45, 7) is 4.47. The number of nitrogens with zero attached hydrogens (tertiary/aromatic N) is 2. The first-order chi connectivity index (χ1) is 14.3. The maximum atomic E-state index is 13.5. The minimum atomic E-state index is -2.54. The Morgan fingerprint density at radius 3 is 2.43 bits per heavy atom. The van der Waals surface area contributed by atoms with E-state index in [0.717, 1.165) is 16.5 Å². The summed E-state index contributed by atoms with van der Waals surface area (Å²) >= 11 is 0. The second-order valence-electron chi connectivity index (χ2n) is 8.79. The van der Waals surface area contributed by atoms with Gasteiger partial charge in [-0.25, -0.2) is 8.78 Å². The van der Waals surface area contributed by atoms with Crippen LogP contribution in [0.25, 0.3) is 10.9 Å². The quantitative estimate of drug-likeness (QED) is 0.600. The van der Waals surface area contributed by atoms with E-state index in [1.54, 1.807) is 0 Å². The van der Waals surface area contributed by atoms with E-state index in [1.807, 2.05) is 73.1 Å². The normalized spacial score (nSPS) is 17.2. The number of rotatable bonds is 5. The topological polar surface area (TPSA) is 46.9 Å². The van der Waals surface area contributed by atoms with Gasteiger partial charge in [0, 0.05) is 24.8 Å². The highest BCUT2D eigenvalue weighted by Crippen LogP contribution is 2.37. The van der Waals surface area contributed by atoms with Crippen LogP contribution in [0, 0.1) is 5.92 Å². The van der Waals surface area contributed by atoms with Gasteiger partial charge in [-0.15, -0.1) is 0 Å². The van der Waals surface area contributed by atoms with Crippen molar-refractivity contribution in [2.24, 2.45) is 5.92 Å². The summed E-state index contributed by atoms with van der Waals surface area (Å²) in [6, 6.07) is 17.4. The summed E-state index contributed by atoms with van der Waals surface area (Å²) in [6.07, 6.45) is 0.804. The molecule has 6 heteroatoms. The van der Waals surface area contributed by atoms with Gasteiger partial charge in [0.05, 0.1) is 11.1 Å². The van der Waals surface area contributed by atoms with E-state index >= 15 is 0 Å². The van der Waals surface area contributed by atoms with Crippen LogP contribution in [0.2, 0.25) is 0 Å². The number of fused-ring (bicyclic) bond motifs is 1. The van der Waals surface area contributed by atoms with E-state index in [9.17, 15) is 13.6 Å².